The molecule has 0 spiro atoms. The standard InChI is InChI=1S/C9H8F3N5/c10-9(11,12)6-1-2-7(13-3-6)14-4-8-15-5-16-17-8/h1-3,5H,4H2,(H,13,14)(H,15,16,17). The van der Waals surface area contributed by atoms with Crippen molar-refractivity contribution in [3.8, 4) is 0 Å². The van der Waals surface area contributed by atoms with E-state index >= 15 is 0 Å². The molecule has 0 aliphatic rings. The fourth-order valence-corrected chi connectivity index (χ4v) is 1.16. The minimum absolute atomic E-state index is 0.318. The zero-order chi connectivity index (χ0) is 12.3. The highest BCUT2D eigenvalue weighted by molar-refractivity contribution is 5.36. The van der Waals surface area contributed by atoms with Crippen LogP contribution in [0.5, 0.6) is 0 Å². The SMILES string of the molecule is FC(F)(F)c1ccc(NCc2ncn[nH]2)nc1. The summed E-state index contributed by atoms with van der Waals surface area (Å²) in [4.78, 5) is 7.50. The molecule has 2 N–H and O–H groups in total. The fraction of sp³-hybridized carbons (Fsp3) is 0.222. The Morgan fingerprint density at radius 2 is 2.06 bits per heavy atom. The van der Waals surface area contributed by atoms with Gasteiger partial charge < -0.3 is 5.32 Å². The summed E-state index contributed by atoms with van der Waals surface area (Å²) >= 11 is 0. The number of pyridine rings is 1. The molecule has 0 radical (unpaired) electrons. The van der Waals surface area contributed by atoms with Gasteiger partial charge in [0.1, 0.15) is 18.0 Å². The summed E-state index contributed by atoms with van der Waals surface area (Å²) in [7, 11) is 0. The van der Waals surface area contributed by atoms with Gasteiger partial charge in [0.2, 0.25) is 0 Å². The Balaban J connectivity index is 1.99. The maximum absolute atomic E-state index is 12.2. The molecule has 17 heavy (non-hydrogen) atoms. The number of rotatable bonds is 3. The van der Waals surface area contributed by atoms with Gasteiger partial charge >= 0.3 is 6.18 Å². The van der Waals surface area contributed by atoms with Crippen molar-refractivity contribution in [1.29, 1.82) is 0 Å². The molecule has 0 aromatic carbocycles. The lowest BCUT2D eigenvalue weighted by Crippen LogP contribution is -2.07. The topological polar surface area (TPSA) is 66.5 Å². The van der Waals surface area contributed by atoms with E-state index in [1.54, 1.807) is 0 Å². The average Bonchev–Trinajstić information content (AvgIpc) is 2.78. The van der Waals surface area contributed by atoms with Gasteiger partial charge in [-0.1, -0.05) is 0 Å². The third-order valence-electron chi connectivity index (χ3n) is 1.99. The lowest BCUT2D eigenvalue weighted by molar-refractivity contribution is -0.137. The Hall–Kier alpha value is -2.12. The summed E-state index contributed by atoms with van der Waals surface area (Å²) in [6.45, 7) is 0.318. The highest BCUT2D eigenvalue weighted by atomic mass is 19.4. The number of anilines is 1. The molecule has 8 heteroatoms. The van der Waals surface area contributed by atoms with Crippen LogP contribution >= 0.6 is 0 Å². The number of nitrogens with one attached hydrogen (secondary N) is 2. The van der Waals surface area contributed by atoms with E-state index in [0.29, 0.717) is 18.2 Å². The Bertz CT molecular complexity index is 462. The number of hydrogen-bond acceptors (Lipinski definition) is 4. The Kier molecular flexibility index (Phi) is 2.94. The summed E-state index contributed by atoms with van der Waals surface area (Å²) in [5, 5.41) is 9.06. The zero-order valence-corrected chi connectivity index (χ0v) is 8.49. The van der Waals surface area contributed by atoms with Crippen LogP contribution in [-0.2, 0) is 12.7 Å². The Labute approximate surface area is 94.1 Å². The predicted octanol–water partition coefficient (Wildman–Crippen LogP) is 1.83. The highest BCUT2D eigenvalue weighted by Gasteiger charge is 2.30. The maximum Gasteiger partial charge on any atom is 0.417 e. The zero-order valence-electron chi connectivity index (χ0n) is 8.49. The van der Waals surface area contributed by atoms with Gasteiger partial charge in [0, 0.05) is 6.20 Å². The van der Waals surface area contributed by atoms with E-state index in [1.165, 1.54) is 12.4 Å². The van der Waals surface area contributed by atoms with Gasteiger partial charge in [0.25, 0.3) is 0 Å². The molecule has 0 fully saturated rings. The Morgan fingerprint density at radius 1 is 1.24 bits per heavy atom. The van der Waals surface area contributed by atoms with Crippen molar-refractivity contribution in [2.24, 2.45) is 0 Å². The van der Waals surface area contributed by atoms with Crippen molar-refractivity contribution in [2.75, 3.05) is 5.32 Å². The molecule has 5 nitrogen and oxygen atoms in total. The van der Waals surface area contributed by atoms with Crippen molar-refractivity contribution in [1.82, 2.24) is 20.2 Å². The van der Waals surface area contributed by atoms with Crippen molar-refractivity contribution in [3.05, 3.63) is 36.0 Å². The van der Waals surface area contributed by atoms with E-state index in [1.807, 2.05) is 0 Å². The molecule has 0 saturated heterocycles. The normalized spacial score (nSPS) is 11.5. The van der Waals surface area contributed by atoms with Crippen LogP contribution < -0.4 is 5.32 Å². The van der Waals surface area contributed by atoms with Crippen LogP contribution in [0.1, 0.15) is 11.4 Å². The minimum Gasteiger partial charge on any atom is -0.363 e. The van der Waals surface area contributed by atoms with Gasteiger partial charge in [0.05, 0.1) is 12.1 Å². The van der Waals surface area contributed by atoms with Crippen LogP contribution in [-0.4, -0.2) is 20.2 Å². The molecule has 2 rings (SSSR count). The number of halogens is 3. The second-order valence-electron chi connectivity index (χ2n) is 3.22. The first-order chi connectivity index (χ1) is 8.05. The minimum atomic E-state index is -4.36. The molecular formula is C9H8F3N5. The van der Waals surface area contributed by atoms with E-state index in [4.69, 9.17) is 0 Å². The van der Waals surface area contributed by atoms with Crippen LogP contribution in [0, 0.1) is 0 Å². The van der Waals surface area contributed by atoms with Crippen molar-refractivity contribution in [3.63, 3.8) is 0 Å². The highest BCUT2D eigenvalue weighted by Crippen LogP contribution is 2.28. The van der Waals surface area contributed by atoms with E-state index in [9.17, 15) is 13.2 Å². The van der Waals surface area contributed by atoms with E-state index < -0.39 is 11.7 Å². The molecule has 0 unspecified atom stereocenters. The number of hydrogen-bond donors (Lipinski definition) is 2. The lowest BCUT2D eigenvalue weighted by atomic mass is 10.3. The monoisotopic (exact) mass is 243 g/mol. The molecule has 90 valence electrons. The van der Waals surface area contributed by atoms with Crippen molar-refractivity contribution in [2.45, 2.75) is 12.7 Å². The second kappa shape index (κ2) is 4.40. The molecule has 0 bridgehead atoms. The first kappa shape index (κ1) is 11.4. The first-order valence-corrected chi connectivity index (χ1v) is 4.67. The van der Waals surface area contributed by atoms with Crippen molar-refractivity contribution >= 4 is 5.82 Å². The van der Waals surface area contributed by atoms with Crippen molar-refractivity contribution < 1.29 is 13.2 Å². The molecule has 0 aliphatic heterocycles. The predicted molar refractivity (Wildman–Crippen MR) is 52.9 cm³/mol. The summed E-state index contributed by atoms with van der Waals surface area (Å²) in [6, 6.07) is 2.23. The number of alkyl halides is 3. The quantitative estimate of drug-likeness (QED) is 0.863. The van der Waals surface area contributed by atoms with Crippen LogP contribution in [0.25, 0.3) is 0 Å². The number of aromatic nitrogens is 4. The van der Waals surface area contributed by atoms with Gasteiger partial charge in [0.15, 0.2) is 0 Å². The number of aromatic amines is 1. The van der Waals surface area contributed by atoms with E-state index in [-0.39, 0.29) is 0 Å². The molecule has 0 saturated carbocycles. The summed E-state index contributed by atoms with van der Waals surface area (Å²) < 4.78 is 36.7. The maximum atomic E-state index is 12.2. The Morgan fingerprint density at radius 3 is 2.59 bits per heavy atom. The van der Waals surface area contributed by atoms with Crippen LogP contribution in [0.15, 0.2) is 24.7 Å². The lowest BCUT2D eigenvalue weighted by Gasteiger charge is -2.07. The van der Waals surface area contributed by atoms with E-state index in [0.717, 1.165) is 12.3 Å². The number of nitrogens with zero attached hydrogens (tertiary/aromatic N) is 3. The van der Waals surface area contributed by atoms with Gasteiger partial charge in [-0.25, -0.2) is 9.97 Å². The molecule has 2 aromatic heterocycles. The van der Waals surface area contributed by atoms with Gasteiger partial charge in [-0.3, -0.25) is 5.10 Å². The summed E-state index contributed by atoms with van der Waals surface area (Å²) in [6.07, 6.45) is -2.24. The smallest absolute Gasteiger partial charge is 0.363 e. The van der Waals surface area contributed by atoms with Crippen LogP contribution in [0.4, 0.5) is 19.0 Å². The molecule has 2 heterocycles. The summed E-state index contributed by atoms with van der Waals surface area (Å²) in [5.74, 6) is 0.918. The number of H-pyrrole nitrogens is 1. The molecule has 0 aliphatic carbocycles. The first-order valence-electron chi connectivity index (χ1n) is 4.67. The molecule has 2 aromatic rings. The van der Waals surface area contributed by atoms with E-state index in [2.05, 4.69) is 25.5 Å². The van der Waals surface area contributed by atoms with Gasteiger partial charge in [-0.05, 0) is 12.1 Å². The molecule has 0 atom stereocenters. The van der Waals surface area contributed by atoms with Gasteiger partial charge in [-0.2, -0.15) is 18.3 Å². The van der Waals surface area contributed by atoms with Crippen LogP contribution in [0.2, 0.25) is 0 Å². The summed E-state index contributed by atoms with van der Waals surface area (Å²) in [5.41, 5.74) is -0.775. The molecular weight excluding hydrogens is 235 g/mol. The molecule has 0 amide bonds. The van der Waals surface area contributed by atoms with Gasteiger partial charge in [-0.15, -0.1) is 0 Å². The van der Waals surface area contributed by atoms with Crippen LogP contribution in [0.3, 0.4) is 0 Å². The largest absolute Gasteiger partial charge is 0.417 e. The third kappa shape index (κ3) is 2.92. The average molecular weight is 243 g/mol. The fourth-order valence-electron chi connectivity index (χ4n) is 1.16. The second-order valence-corrected chi connectivity index (χ2v) is 3.22. The third-order valence-corrected chi connectivity index (χ3v) is 1.99.